The summed E-state index contributed by atoms with van der Waals surface area (Å²) in [6.07, 6.45) is 1.38. The molecule has 0 bridgehead atoms. The number of nitrogens with two attached hydrogens (primary N) is 1. The average molecular weight is 578 g/mol. The number of nitrogen functional groups attached to an aromatic ring is 1. The fourth-order valence-corrected chi connectivity index (χ4v) is 5.48. The van der Waals surface area contributed by atoms with Gasteiger partial charge < -0.3 is 15.3 Å². The molecule has 0 fully saturated rings. The Morgan fingerprint density at radius 3 is 2.20 bits per heavy atom. The lowest BCUT2D eigenvalue weighted by molar-refractivity contribution is 0.288. The van der Waals surface area contributed by atoms with E-state index >= 15 is 0 Å². The number of aliphatic hydroxyl groups excluding tert-OH is 1. The molecule has 0 amide bonds. The summed E-state index contributed by atoms with van der Waals surface area (Å²) in [6, 6.07) is 28.9. The second-order valence-corrected chi connectivity index (χ2v) is 10.5. The zero-order valence-electron chi connectivity index (χ0n) is 21.8. The third-order valence-electron chi connectivity index (χ3n) is 6.45. The predicted molar refractivity (Wildman–Crippen MR) is 161 cm³/mol. The Kier molecular flexibility index (Phi) is 8.67. The van der Waals surface area contributed by atoms with E-state index < -0.39 is 0 Å². The van der Waals surface area contributed by atoms with Crippen LogP contribution in [0.2, 0.25) is 5.02 Å². The third kappa shape index (κ3) is 6.11. The largest absolute Gasteiger partial charge is 0.436 e. The van der Waals surface area contributed by atoms with Crippen molar-refractivity contribution in [1.82, 2.24) is 9.97 Å². The number of nitriles is 2. The van der Waals surface area contributed by atoms with Crippen LogP contribution in [0.1, 0.15) is 28.8 Å². The van der Waals surface area contributed by atoms with Crippen LogP contribution in [0.5, 0.6) is 0 Å². The van der Waals surface area contributed by atoms with Gasteiger partial charge in [0.05, 0.1) is 11.3 Å². The fraction of sp³-hybridized carbons (Fsp3) is 0.125. The molecule has 0 aliphatic rings. The van der Waals surface area contributed by atoms with Crippen LogP contribution in [0.25, 0.3) is 33.9 Å². The van der Waals surface area contributed by atoms with Gasteiger partial charge in [-0.2, -0.15) is 10.5 Å². The van der Waals surface area contributed by atoms with Crippen LogP contribution in [0.4, 0.5) is 5.82 Å². The van der Waals surface area contributed by atoms with E-state index in [1.165, 1.54) is 11.8 Å². The Morgan fingerprint density at radius 2 is 1.54 bits per heavy atom. The Labute approximate surface area is 246 Å². The van der Waals surface area contributed by atoms with E-state index in [-0.39, 0.29) is 23.6 Å². The minimum atomic E-state index is 0.0543. The molecular formula is C32H24ClN5O2S. The molecule has 3 aromatic carbocycles. The van der Waals surface area contributed by atoms with Gasteiger partial charge in [-0.15, -0.1) is 0 Å². The predicted octanol–water partition coefficient (Wildman–Crippen LogP) is 7.27. The van der Waals surface area contributed by atoms with E-state index in [0.717, 1.165) is 23.1 Å². The number of halogens is 1. The van der Waals surface area contributed by atoms with Crippen molar-refractivity contribution < 1.29 is 9.52 Å². The number of nitrogens with zero attached hydrogens (tertiary/aromatic N) is 4. The molecule has 0 aliphatic heterocycles. The van der Waals surface area contributed by atoms with Gasteiger partial charge in [0.2, 0.25) is 5.89 Å². The molecule has 2 heterocycles. The molecule has 0 radical (unpaired) electrons. The highest BCUT2D eigenvalue weighted by Gasteiger charge is 2.23. The molecule has 0 saturated heterocycles. The van der Waals surface area contributed by atoms with Crippen molar-refractivity contribution in [3.8, 4) is 46.0 Å². The fourth-order valence-electron chi connectivity index (χ4n) is 4.43. The van der Waals surface area contributed by atoms with Gasteiger partial charge in [0, 0.05) is 34.1 Å². The van der Waals surface area contributed by atoms with Crippen molar-refractivity contribution in [1.29, 1.82) is 10.5 Å². The van der Waals surface area contributed by atoms with Crippen LogP contribution in [0.15, 0.2) is 88.3 Å². The van der Waals surface area contributed by atoms with Crippen molar-refractivity contribution >= 4 is 29.2 Å². The van der Waals surface area contributed by atoms with Gasteiger partial charge in [0.15, 0.2) is 5.76 Å². The topological polar surface area (TPSA) is 133 Å². The number of aliphatic hydroxyl groups is 1. The Bertz CT molecular complexity index is 1760. The highest BCUT2D eigenvalue weighted by atomic mass is 35.5. The normalized spacial score (nSPS) is 10.7. The molecule has 0 spiro atoms. The minimum Gasteiger partial charge on any atom is -0.436 e. The summed E-state index contributed by atoms with van der Waals surface area (Å²) >= 11 is 7.38. The second kappa shape index (κ2) is 12.7. The van der Waals surface area contributed by atoms with E-state index in [9.17, 15) is 10.5 Å². The van der Waals surface area contributed by atoms with Gasteiger partial charge in [0.1, 0.15) is 28.5 Å². The molecule has 9 heteroatoms. The molecule has 5 rings (SSSR count). The quantitative estimate of drug-likeness (QED) is 0.175. The SMILES string of the molecule is N#Cc1c(N)nc(SCc2nc(-c3ccc(Cl)cc3)oc2-c2ccccc2)c(C#N)c1-c1ccc(CCCO)cc1. The van der Waals surface area contributed by atoms with E-state index in [4.69, 9.17) is 31.8 Å². The molecule has 0 unspecified atom stereocenters. The number of benzene rings is 3. The number of oxazole rings is 1. The number of thioether (sulfide) groups is 1. The number of anilines is 1. The Hall–Kier alpha value is -4.60. The summed E-state index contributed by atoms with van der Waals surface area (Å²) in [5.41, 5.74) is 11.2. The number of rotatable bonds is 9. The molecule has 2 aromatic heterocycles. The smallest absolute Gasteiger partial charge is 0.227 e. The van der Waals surface area contributed by atoms with Crippen molar-refractivity contribution in [3.63, 3.8) is 0 Å². The van der Waals surface area contributed by atoms with E-state index in [0.29, 0.717) is 50.7 Å². The summed E-state index contributed by atoms with van der Waals surface area (Å²) in [4.78, 5) is 9.23. The molecule has 7 nitrogen and oxygen atoms in total. The highest BCUT2D eigenvalue weighted by Crippen LogP contribution is 2.39. The summed E-state index contributed by atoms with van der Waals surface area (Å²) in [6.45, 7) is 0.110. The number of aryl methyl sites for hydroxylation is 1. The van der Waals surface area contributed by atoms with Gasteiger partial charge in [-0.25, -0.2) is 9.97 Å². The minimum absolute atomic E-state index is 0.0543. The maximum absolute atomic E-state index is 10.2. The first-order valence-corrected chi connectivity index (χ1v) is 14.2. The molecule has 5 aromatic rings. The average Bonchev–Trinajstić information content (AvgIpc) is 3.44. The first-order chi connectivity index (χ1) is 20.0. The molecule has 0 aliphatic carbocycles. The van der Waals surface area contributed by atoms with Crippen molar-refractivity contribution in [2.24, 2.45) is 0 Å². The Morgan fingerprint density at radius 1 is 0.854 bits per heavy atom. The number of pyridine rings is 1. The molecular weight excluding hydrogens is 554 g/mol. The van der Waals surface area contributed by atoms with Crippen LogP contribution >= 0.6 is 23.4 Å². The van der Waals surface area contributed by atoms with Crippen molar-refractivity contribution in [3.05, 3.63) is 106 Å². The lowest BCUT2D eigenvalue weighted by Crippen LogP contribution is -2.03. The monoisotopic (exact) mass is 577 g/mol. The van der Waals surface area contributed by atoms with Gasteiger partial charge in [-0.3, -0.25) is 0 Å². The van der Waals surface area contributed by atoms with Gasteiger partial charge >= 0.3 is 0 Å². The molecule has 3 N–H and O–H groups in total. The Balaban J connectivity index is 1.53. The summed E-state index contributed by atoms with van der Waals surface area (Å²) in [5, 5.41) is 30.3. The van der Waals surface area contributed by atoms with E-state index in [2.05, 4.69) is 17.1 Å². The van der Waals surface area contributed by atoms with E-state index in [1.807, 2.05) is 66.7 Å². The zero-order chi connectivity index (χ0) is 28.8. The standard InChI is InChI=1S/C32H24ClN5O2S/c33-24-14-12-23(13-15-24)31-37-27(29(40-31)22-6-2-1-3-7-22)19-41-32-26(18-35)28(25(17-34)30(36)38-32)21-10-8-20(9-11-21)5-4-16-39/h1-3,6-15,39H,4-5,16,19H2,(H2,36,38). The van der Waals surface area contributed by atoms with Crippen LogP contribution in [0.3, 0.4) is 0 Å². The van der Waals surface area contributed by atoms with Crippen molar-refractivity contribution in [2.75, 3.05) is 12.3 Å². The molecule has 0 saturated carbocycles. The highest BCUT2D eigenvalue weighted by molar-refractivity contribution is 7.98. The van der Waals surface area contributed by atoms with Crippen LogP contribution in [-0.2, 0) is 12.2 Å². The van der Waals surface area contributed by atoms with Crippen LogP contribution < -0.4 is 5.73 Å². The van der Waals surface area contributed by atoms with Crippen molar-refractivity contribution in [2.45, 2.75) is 23.6 Å². The van der Waals surface area contributed by atoms with Gasteiger partial charge in [-0.1, -0.05) is 78.0 Å². The summed E-state index contributed by atoms with van der Waals surface area (Å²) in [5.74, 6) is 1.46. The summed E-state index contributed by atoms with van der Waals surface area (Å²) in [7, 11) is 0. The van der Waals surface area contributed by atoms with Gasteiger partial charge in [0.25, 0.3) is 0 Å². The number of aromatic nitrogens is 2. The molecule has 41 heavy (non-hydrogen) atoms. The number of hydrogen-bond donors (Lipinski definition) is 2. The maximum atomic E-state index is 10.2. The second-order valence-electron chi connectivity index (χ2n) is 9.13. The number of hydrogen-bond acceptors (Lipinski definition) is 8. The lowest BCUT2D eigenvalue weighted by atomic mass is 9.95. The summed E-state index contributed by atoms with van der Waals surface area (Å²) < 4.78 is 6.23. The van der Waals surface area contributed by atoms with Crippen LogP contribution in [-0.4, -0.2) is 21.7 Å². The molecule has 0 atom stereocenters. The first kappa shape index (κ1) is 27.9. The maximum Gasteiger partial charge on any atom is 0.227 e. The van der Waals surface area contributed by atoms with Gasteiger partial charge in [-0.05, 0) is 48.2 Å². The lowest BCUT2D eigenvalue weighted by Gasteiger charge is -2.13. The third-order valence-corrected chi connectivity index (χ3v) is 7.69. The van der Waals surface area contributed by atoms with E-state index in [1.54, 1.807) is 12.1 Å². The first-order valence-electron chi connectivity index (χ1n) is 12.8. The molecule has 202 valence electrons. The van der Waals surface area contributed by atoms with Crippen LogP contribution in [0, 0.1) is 22.7 Å². The zero-order valence-corrected chi connectivity index (χ0v) is 23.4.